The lowest BCUT2D eigenvalue weighted by Crippen LogP contribution is -2.31. The Balaban J connectivity index is 2.16. The van der Waals surface area contributed by atoms with Crippen molar-refractivity contribution in [2.75, 3.05) is 18.5 Å². The summed E-state index contributed by atoms with van der Waals surface area (Å²) in [6.45, 7) is 12.6. The summed E-state index contributed by atoms with van der Waals surface area (Å²) in [5.74, 6) is -0.201. The van der Waals surface area contributed by atoms with Crippen molar-refractivity contribution < 1.29 is 24.2 Å². The lowest BCUT2D eigenvalue weighted by atomic mass is 9.86. The molecule has 1 heterocycles. The highest BCUT2D eigenvalue weighted by Crippen LogP contribution is 2.42. The van der Waals surface area contributed by atoms with Gasteiger partial charge in [0.2, 0.25) is 0 Å². The zero-order valence-electron chi connectivity index (χ0n) is 21.7. The van der Waals surface area contributed by atoms with Gasteiger partial charge in [0.25, 0.3) is 0 Å². The molecule has 2 aromatic carbocycles. The number of unbranched alkanes of at least 4 members (excludes halogenated alkanes) is 1. The number of aryl methyl sites for hydroxylation is 2. The second kappa shape index (κ2) is 11.1. The van der Waals surface area contributed by atoms with Crippen LogP contribution in [0.4, 0.5) is 10.5 Å². The fourth-order valence-corrected chi connectivity index (χ4v) is 4.43. The van der Waals surface area contributed by atoms with Gasteiger partial charge in [-0.1, -0.05) is 19.4 Å². The molecule has 7 nitrogen and oxygen atoms in total. The van der Waals surface area contributed by atoms with E-state index in [1.165, 1.54) is 0 Å². The predicted octanol–water partition coefficient (Wildman–Crippen LogP) is 6.16. The van der Waals surface area contributed by atoms with Crippen LogP contribution in [0, 0.1) is 13.8 Å². The molecular formula is C28H38N2O5. The van der Waals surface area contributed by atoms with Crippen molar-refractivity contribution in [1.82, 2.24) is 5.32 Å². The Morgan fingerprint density at radius 2 is 1.94 bits per heavy atom. The topological polar surface area (TPSA) is 96.9 Å². The molecule has 3 rings (SSSR count). The minimum absolute atomic E-state index is 0.311. The van der Waals surface area contributed by atoms with Crippen LogP contribution in [0.2, 0.25) is 0 Å². The minimum Gasteiger partial charge on any atom is -0.493 e. The average Bonchev–Trinajstić information content (AvgIpc) is 2.79. The Morgan fingerprint density at radius 1 is 1.20 bits per heavy atom. The predicted molar refractivity (Wildman–Crippen MR) is 138 cm³/mol. The first-order chi connectivity index (χ1) is 16.5. The number of hydrogen-bond acceptors (Lipinski definition) is 4. The Bertz CT molecular complexity index is 1090. The molecule has 0 radical (unpaired) electrons. The van der Waals surface area contributed by atoms with Crippen LogP contribution >= 0.6 is 0 Å². The van der Waals surface area contributed by atoms with E-state index in [9.17, 15) is 14.7 Å². The van der Waals surface area contributed by atoms with Gasteiger partial charge >= 0.3 is 12.0 Å². The summed E-state index contributed by atoms with van der Waals surface area (Å²) in [5, 5.41) is 16.0. The van der Waals surface area contributed by atoms with Gasteiger partial charge in [0.15, 0.2) is 6.10 Å². The fraction of sp³-hybridized carbons (Fsp3) is 0.500. The maximum Gasteiger partial charge on any atom is 0.337 e. The molecule has 0 saturated heterocycles. The summed E-state index contributed by atoms with van der Waals surface area (Å²) in [4.78, 5) is 25.0. The number of rotatable bonds is 8. The van der Waals surface area contributed by atoms with E-state index in [0.717, 1.165) is 53.7 Å². The SMILES string of the molecule is CCCCNC(=O)Nc1cc(C)c(-c2ccc3c(c2)CCCO3)c(C(OC(C)(C)C)C(=O)O)c1C. The highest BCUT2D eigenvalue weighted by atomic mass is 16.5. The van der Waals surface area contributed by atoms with Crippen molar-refractivity contribution in [3.63, 3.8) is 0 Å². The van der Waals surface area contributed by atoms with E-state index in [-0.39, 0.29) is 6.03 Å². The van der Waals surface area contributed by atoms with Gasteiger partial charge in [-0.2, -0.15) is 0 Å². The third-order valence-corrected chi connectivity index (χ3v) is 6.05. The summed E-state index contributed by atoms with van der Waals surface area (Å²) in [6, 6.07) is 7.60. The molecule has 7 heteroatoms. The first kappa shape index (κ1) is 26.5. The van der Waals surface area contributed by atoms with Gasteiger partial charge in [-0.25, -0.2) is 9.59 Å². The molecule has 2 amide bonds. The molecule has 2 aromatic rings. The second-order valence-corrected chi connectivity index (χ2v) is 10.1. The molecule has 35 heavy (non-hydrogen) atoms. The van der Waals surface area contributed by atoms with Gasteiger partial charge in [0.1, 0.15) is 5.75 Å². The van der Waals surface area contributed by atoms with E-state index in [0.29, 0.717) is 30.0 Å². The van der Waals surface area contributed by atoms with Crippen LogP contribution < -0.4 is 15.4 Å². The number of hydrogen-bond donors (Lipinski definition) is 3. The fourth-order valence-electron chi connectivity index (χ4n) is 4.43. The van der Waals surface area contributed by atoms with Crippen LogP contribution in [0.1, 0.15) is 75.3 Å². The molecule has 0 aliphatic carbocycles. The van der Waals surface area contributed by atoms with Crippen molar-refractivity contribution >= 4 is 17.7 Å². The van der Waals surface area contributed by atoms with Gasteiger partial charge in [0, 0.05) is 17.8 Å². The van der Waals surface area contributed by atoms with Crippen LogP contribution in [-0.4, -0.2) is 35.9 Å². The van der Waals surface area contributed by atoms with E-state index in [1.54, 1.807) is 0 Å². The van der Waals surface area contributed by atoms with Crippen LogP contribution in [0.3, 0.4) is 0 Å². The highest BCUT2D eigenvalue weighted by Gasteiger charge is 2.32. The summed E-state index contributed by atoms with van der Waals surface area (Å²) in [7, 11) is 0. The first-order valence-corrected chi connectivity index (χ1v) is 12.4. The Labute approximate surface area is 208 Å². The van der Waals surface area contributed by atoms with E-state index in [2.05, 4.69) is 23.6 Å². The number of carboxylic acids is 1. The highest BCUT2D eigenvalue weighted by molar-refractivity contribution is 5.93. The summed E-state index contributed by atoms with van der Waals surface area (Å²) < 4.78 is 11.9. The molecule has 0 bridgehead atoms. The molecule has 0 aromatic heterocycles. The van der Waals surface area contributed by atoms with E-state index in [4.69, 9.17) is 9.47 Å². The molecule has 0 saturated carbocycles. The van der Waals surface area contributed by atoms with Gasteiger partial charge < -0.3 is 25.2 Å². The Morgan fingerprint density at radius 3 is 2.60 bits per heavy atom. The van der Waals surface area contributed by atoms with E-state index in [1.807, 2.05) is 52.8 Å². The maximum atomic E-state index is 12.5. The average molecular weight is 483 g/mol. The zero-order valence-corrected chi connectivity index (χ0v) is 21.7. The molecule has 1 aliphatic heterocycles. The van der Waals surface area contributed by atoms with Crippen LogP contribution in [0.25, 0.3) is 11.1 Å². The van der Waals surface area contributed by atoms with Crippen molar-refractivity contribution in [3.8, 4) is 16.9 Å². The van der Waals surface area contributed by atoms with Crippen LogP contribution in [0.5, 0.6) is 5.75 Å². The number of ether oxygens (including phenoxy) is 2. The third kappa shape index (κ3) is 6.54. The molecular weight excluding hydrogens is 444 g/mol. The first-order valence-electron chi connectivity index (χ1n) is 12.4. The lowest BCUT2D eigenvalue weighted by molar-refractivity contribution is -0.160. The Kier molecular flexibility index (Phi) is 8.43. The normalized spacial score (nSPS) is 14.0. The monoisotopic (exact) mass is 482 g/mol. The smallest absolute Gasteiger partial charge is 0.337 e. The number of amides is 2. The lowest BCUT2D eigenvalue weighted by Gasteiger charge is -2.30. The molecule has 0 fully saturated rings. The van der Waals surface area contributed by atoms with E-state index >= 15 is 0 Å². The number of benzene rings is 2. The largest absolute Gasteiger partial charge is 0.493 e. The number of aliphatic carboxylic acids is 1. The second-order valence-electron chi connectivity index (χ2n) is 10.1. The minimum atomic E-state index is -1.21. The molecule has 1 aliphatic rings. The number of nitrogens with one attached hydrogen (secondary N) is 2. The van der Waals surface area contributed by atoms with Gasteiger partial charge in [0.05, 0.1) is 12.2 Å². The van der Waals surface area contributed by atoms with Gasteiger partial charge in [-0.3, -0.25) is 0 Å². The molecule has 1 atom stereocenters. The van der Waals surface area contributed by atoms with Gasteiger partial charge in [-0.05, 0) is 99.9 Å². The van der Waals surface area contributed by atoms with Crippen LogP contribution in [-0.2, 0) is 16.0 Å². The summed E-state index contributed by atoms with van der Waals surface area (Å²) >= 11 is 0. The number of carbonyl (C=O) groups is 2. The molecule has 3 N–H and O–H groups in total. The summed E-state index contributed by atoms with van der Waals surface area (Å²) in [6.07, 6.45) is 2.52. The third-order valence-electron chi connectivity index (χ3n) is 6.05. The van der Waals surface area contributed by atoms with Crippen LogP contribution in [0.15, 0.2) is 24.3 Å². The molecule has 0 spiro atoms. The van der Waals surface area contributed by atoms with E-state index < -0.39 is 17.7 Å². The summed E-state index contributed by atoms with van der Waals surface area (Å²) in [5.41, 5.74) is 4.78. The quantitative estimate of drug-likeness (QED) is 0.392. The van der Waals surface area contributed by atoms with Crippen molar-refractivity contribution in [1.29, 1.82) is 0 Å². The van der Waals surface area contributed by atoms with Crippen molar-refractivity contribution in [3.05, 3.63) is 46.5 Å². The number of anilines is 1. The molecule has 1 unspecified atom stereocenters. The Hall–Kier alpha value is -3.06. The van der Waals surface area contributed by atoms with Gasteiger partial charge in [-0.15, -0.1) is 0 Å². The number of carbonyl (C=O) groups excluding carboxylic acids is 1. The zero-order chi connectivity index (χ0) is 25.8. The maximum absolute atomic E-state index is 12.5. The molecule has 190 valence electrons. The number of urea groups is 1. The standard InChI is InChI=1S/C28H38N2O5/c1-7-8-13-29-27(33)30-21-15-17(2)23(20-11-12-22-19(16-20)10-9-14-34-22)24(18(21)3)25(26(31)32)35-28(4,5)6/h11-12,15-16,25H,7-10,13-14H2,1-6H3,(H,31,32)(H2,29,30,33). The van der Waals surface area contributed by atoms with Crippen molar-refractivity contribution in [2.45, 2.75) is 78.9 Å². The number of fused-ring (bicyclic) bond motifs is 1. The van der Waals surface area contributed by atoms with Crippen molar-refractivity contribution in [2.24, 2.45) is 0 Å². The number of carboxylic acid groups (broad SMARTS) is 1.